The maximum absolute atomic E-state index is 11.4. The molecule has 3 heterocycles. The lowest BCUT2D eigenvalue weighted by molar-refractivity contribution is -0.145. The van der Waals surface area contributed by atoms with Gasteiger partial charge < -0.3 is 9.84 Å². The van der Waals surface area contributed by atoms with Gasteiger partial charge in [0.2, 0.25) is 5.91 Å². The second-order valence-electron chi connectivity index (χ2n) is 4.03. The van der Waals surface area contributed by atoms with Gasteiger partial charge in [0.1, 0.15) is 0 Å². The molecule has 3 rings (SSSR count). The SMILES string of the molecule is Cc1csc(OC2=C(C(=O)O)N3C(=O)CC3S2)c1. The zero-order valence-electron chi connectivity index (χ0n) is 9.37. The van der Waals surface area contributed by atoms with Crippen molar-refractivity contribution in [1.82, 2.24) is 4.90 Å². The molecular weight excluding hydrogens is 274 g/mol. The van der Waals surface area contributed by atoms with Crippen LogP contribution in [0.15, 0.2) is 22.2 Å². The van der Waals surface area contributed by atoms with E-state index in [-0.39, 0.29) is 17.0 Å². The van der Waals surface area contributed by atoms with Crippen molar-refractivity contribution < 1.29 is 19.4 Å². The Morgan fingerprint density at radius 3 is 2.94 bits per heavy atom. The molecule has 1 amide bonds. The van der Waals surface area contributed by atoms with Gasteiger partial charge in [-0.2, -0.15) is 0 Å². The minimum Gasteiger partial charge on any atom is -0.476 e. The molecular formula is C11H9NO4S2. The van der Waals surface area contributed by atoms with Crippen molar-refractivity contribution >= 4 is 35.0 Å². The summed E-state index contributed by atoms with van der Waals surface area (Å²) in [4.78, 5) is 23.9. The minimum atomic E-state index is -1.12. The molecule has 1 aromatic heterocycles. The number of thiophene rings is 1. The summed E-state index contributed by atoms with van der Waals surface area (Å²) in [5.74, 6) is -1.29. The van der Waals surface area contributed by atoms with E-state index in [0.717, 1.165) is 5.56 Å². The highest BCUT2D eigenvalue weighted by Crippen LogP contribution is 2.47. The van der Waals surface area contributed by atoms with Crippen molar-refractivity contribution in [3.05, 3.63) is 27.8 Å². The summed E-state index contributed by atoms with van der Waals surface area (Å²) in [7, 11) is 0. The number of thioether (sulfide) groups is 1. The van der Waals surface area contributed by atoms with Crippen LogP contribution < -0.4 is 4.74 Å². The van der Waals surface area contributed by atoms with Gasteiger partial charge in [-0.05, 0) is 23.9 Å². The molecule has 0 spiro atoms. The Kier molecular flexibility index (Phi) is 2.60. The summed E-state index contributed by atoms with van der Waals surface area (Å²) in [6, 6.07) is 1.84. The van der Waals surface area contributed by atoms with E-state index in [1.54, 1.807) is 0 Å². The fraction of sp³-hybridized carbons (Fsp3) is 0.273. The molecule has 1 saturated heterocycles. The van der Waals surface area contributed by atoms with E-state index < -0.39 is 5.97 Å². The Bertz CT molecular complexity index is 577. The lowest BCUT2D eigenvalue weighted by Gasteiger charge is -2.33. The highest BCUT2D eigenvalue weighted by Gasteiger charge is 2.49. The molecule has 5 nitrogen and oxygen atoms in total. The van der Waals surface area contributed by atoms with Crippen LogP contribution in [0, 0.1) is 6.92 Å². The fourth-order valence-corrected chi connectivity index (χ4v) is 3.89. The summed E-state index contributed by atoms with van der Waals surface area (Å²) in [5, 5.41) is 11.9. The molecule has 1 fully saturated rings. The molecule has 1 atom stereocenters. The molecule has 1 aromatic rings. The number of fused-ring (bicyclic) bond motifs is 1. The third-order valence-corrected chi connectivity index (χ3v) is 4.75. The van der Waals surface area contributed by atoms with Crippen molar-refractivity contribution in [3.63, 3.8) is 0 Å². The van der Waals surface area contributed by atoms with Gasteiger partial charge >= 0.3 is 5.97 Å². The Morgan fingerprint density at radius 1 is 1.61 bits per heavy atom. The van der Waals surface area contributed by atoms with Crippen molar-refractivity contribution in [3.8, 4) is 5.06 Å². The second-order valence-corrected chi connectivity index (χ2v) is 6.05. The van der Waals surface area contributed by atoms with E-state index in [9.17, 15) is 9.59 Å². The predicted molar refractivity (Wildman–Crippen MR) is 67.2 cm³/mol. The van der Waals surface area contributed by atoms with Crippen molar-refractivity contribution in [1.29, 1.82) is 0 Å². The maximum atomic E-state index is 11.4. The molecule has 1 unspecified atom stereocenters. The summed E-state index contributed by atoms with van der Waals surface area (Å²) in [5.41, 5.74) is 1.03. The number of hydrogen-bond donors (Lipinski definition) is 1. The Morgan fingerprint density at radius 2 is 2.39 bits per heavy atom. The number of ether oxygens (including phenoxy) is 1. The summed E-state index contributed by atoms with van der Waals surface area (Å²) in [6.07, 6.45) is 0.373. The molecule has 7 heteroatoms. The van der Waals surface area contributed by atoms with E-state index in [2.05, 4.69) is 0 Å². The van der Waals surface area contributed by atoms with Crippen LogP contribution in [0.5, 0.6) is 5.06 Å². The molecule has 0 bridgehead atoms. The van der Waals surface area contributed by atoms with Crippen LogP contribution in [0.25, 0.3) is 0 Å². The third-order valence-electron chi connectivity index (χ3n) is 2.69. The summed E-state index contributed by atoms with van der Waals surface area (Å²) in [6.45, 7) is 1.94. The average Bonchev–Trinajstić information content (AvgIpc) is 2.81. The van der Waals surface area contributed by atoms with Crippen LogP contribution in [-0.4, -0.2) is 27.3 Å². The van der Waals surface area contributed by atoms with E-state index >= 15 is 0 Å². The Balaban J connectivity index is 1.91. The van der Waals surface area contributed by atoms with E-state index in [1.165, 1.54) is 28.0 Å². The molecule has 2 aliphatic heterocycles. The van der Waals surface area contributed by atoms with Gasteiger partial charge in [-0.3, -0.25) is 9.69 Å². The van der Waals surface area contributed by atoms with Gasteiger partial charge in [0.25, 0.3) is 0 Å². The molecule has 94 valence electrons. The number of hydrogen-bond acceptors (Lipinski definition) is 5. The number of carbonyl (C=O) groups excluding carboxylic acids is 1. The highest BCUT2D eigenvalue weighted by molar-refractivity contribution is 8.03. The molecule has 0 aliphatic carbocycles. The number of carbonyl (C=O) groups is 2. The first-order valence-corrected chi connectivity index (χ1v) is 7.01. The number of β-lactam (4-membered cyclic amide) rings is 1. The van der Waals surface area contributed by atoms with Crippen LogP contribution >= 0.6 is 23.1 Å². The van der Waals surface area contributed by atoms with Crippen LogP contribution in [0.1, 0.15) is 12.0 Å². The van der Waals surface area contributed by atoms with E-state index in [4.69, 9.17) is 9.84 Å². The minimum absolute atomic E-state index is 0.0349. The van der Waals surface area contributed by atoms with Gasteiger partial charge in [0.15, 0.2) is 15.9 Å². The zero-order chi connectivity index (χ0) is 12.9. The molecule has 0 radical (unpaired) electrons. The first-order chi connectivity index (χ1) is 8.56. The van der Waals surface area contributed by atoms with E-state index in [1.807, 2.05) is 18.4 Å². The number of nitrogens with zero attached hydrogens (tertiary/aromatic N) is 1. The number of carboxylic acids is 1. The van der Waals surface area contributed by atoms with Crippen LogP contribution in [0.3, 0.4) is 0 Å². The summed E-state index contributed by atoms with van der Waals surface area (Å²) < 4.78 is 5.59. The zero-order valence-corrected chi connectivity index (χ0v) is 11.0. The molecule has 2 aliphatic rings. The quantitative estimate of drug-likeness (QED) is 0.859. The summed E-state index contributed by atoms with van der Waals surface area (Å²) >= 11 is 2.70. The number of amides is 1. The van der Waals surface area contributed by atoms with Gasteiger partial charge in [0.05, 0.1) is 11.8 Å². The van der Waals surface area contributed by atoms with E-state index in [0.29, 0.717) is 16.6 Å². The van der Waals surface area contributed by atoms with Gasteiger partial charge in [-0.1, -0.05) is 11.8 Å². The van der Waals surface area contributed by atoms with Crippen molar-refractivity contribution in [2.45, 2.75) is 18.7 Å². The second kappa shape index (κ2) is 4.03. The lowest BCUT2D eigenvalue weighted by Crippen LogP contribution is -2.48. The monoisotopic (exact) mass is 283 g/mol. The number of aryl methyl sites for hydroxylation is 1. The maximum Gasteiger partial charge on any atom is 0.357 e. The standard InChI is InChI=1S/C11H9NO4S2/c1-5-2-8(17-4-5)16-11-9(10(14)15)12-6(13)3-7(12)18-11/h2,4,7H,3H2,1H3,(H,14,15). The average molecular weight is 283 g/mol. The van der Waals surface area contributed by atoms with Crippen LogP contribution in [-0.2, 0) is 9.59 Å². The van der Waals surface area contributed by atoms with Crippen molar-refractivity contribution in [2.75, 3.05) is 0 Å². The number of rotatable bonds is 3. The lowest BCUT2D eigenvalue weighted by atomic mass is 10.2. The van der Waals surface area contributed by atoms with Crippen LogP contribution in [0.4, 0.5) is 0 Å². The molecule has 0 aromatic carbocycles. The third kappa shape index (κ3) is 1.70. The first kappa shape index (κ1) is 11.6. The normalized spacial score (nSPS) is 21.9. The Hall–Kier alpha value is -1.47. The smallest absolute Gasteiger partial charge is 0.357 e. The predicted octanol–water partition coefficient (Wildman–Crippen LogP) is 1.99. The Labute approximate surface area is 111 Å². The fourth-order valence-electron chi connectivity index (χ4n) is 1.84. The van der Waals surface area contributed by atoms with Gasteiger partial charge in [-0.25, -0.2) is 4.79 Å². The van der Waals surface area contributed by atoms with Crippen LogP contribution in [0.2, 0.25) is 0 Å². The van der Waals surface area contributed by atoms with Gasteiger partial charge in [-0.15, -0.1) is 11.3 Å². The molecule has 0 saturated carbocycles. The molecule has 1 N–H and O–H groups in total. The topological polar surface area (TPSA) is 66.8 Å². The van der Waals surface area contributed by atoms with Gasteiger partial charge in [0, 0.05) is 0 Å². The number of aliphatic carboxylic acids is 1. The molecule has 18 heavy (non-hydrogen) atoms. The number of carboxylic acid groups (broad SMARTS) is 1. The van der Waals surface area contributed by atoms with Crippen molar-refractivity contribution in [2.24, 2.45) is 0 Å². The first-order valence-electron chi connectivity index (χ1n) is 5.25. The highest BCUT2D eigenvalue weighted by atomic mass is 32.2. The largest absolute Gasteiger partial charge is 0.476 e.